The smallest absolute Gasteiger partial charge is 0.410 e. The van der Waals surface area contributed by atoms with Crippen LogP contribution >= 0.6 is 0 Å². The normalized spacial score (nSPS) is 16.6. The van der Waals surface area contributed by atoms with Crippen molar-refractivity contribution in [2.45, 2.75) is 45.8 Å². The first-order valence-corrected chi connectivity index (χ1v) is 9.31. The summed E-state index contributed by atoms with van der Waals surface area (Å²) in [7, 11) is 1.78. The molecule has 0 N–H and O–H groups in total. The van der Waals surface area contributed by atoms with Gasteiger partial charge in [0.15, 0.2) is 0 Å². The standard InChI is InChI=1S/C22H28N2O3/c1-15-11-16(9-10-23-15)18-7-6-8-19-17(13-26-14-20(18)19)12-24(5)21(25)27-22(2,3)4/h6-11,17H,12-14H2,1-5H3. The van der Waals surface area contributed by atoms with Crippen LogP contribution in [0.1, 0.15) is 43.5 Å². The summed E-state index contributed by atoms with van der Waals surface area (Å²) in [5, 5.41) is 0. The molecule has 0 saturated heterocycles. The molecular weight excluding hydrogens is 340 g/mol. The van der Waals surface area contributed by atoms with Crippen LogP contribution in [-0.2, 0) is 16.1 Å². The summed E-state index contributed by atoms with van der Waals surface area (Å²) in [4.78, 5) is 18.3. The number of amides is 1. The lowest BCUT2D eigenvalue weighted by molar-refractivity contribution is 0.0240. The third-order valence-electron chi connectivity index (χ3n) is 4.62. The number of nitrogens with zero attached hydrogens (tertiary/aromatic N) is 2. The molecule has 5 heteroatoms. The van der Waals surface area contributed by atoms with Crippen molar-refractivity contribution in [2.24, 2.45) is 0 Å². The fourth-order valence-corrected chi connectivity index (χ4v) is 3.42. The topological polar surface area (TPSA) is 51.7 Å². The molecule has 2 heterocycles. The SMILES string of the molecule is Cc1cc(-c2cccc3c2COCC3CN(C)C(=O)OC(C)(C)C)ccn1. The summed E-state index contributed by atoms with van der Waals surface area (Å²) in [6.45, 7) is 9.36. The Morgan fingerprint density at radius 3 is 2.81 bits per heavy atom. The quantitative estimate of drug-likeness (QED) is 0.798. The summed E-state index contributed by atoms with van der Waals surface area (Å²) in [5.41, 5.74) is 5.23. The van der Waals surface area contributed by atoms with Gasteiger partial charge in [-0.25, -0.2) is 4.79 Å². The van der Waals surface area contributed by atoms with Crippen molar-refractivity contribution in [1.82, 2.24) is 9.88 Å². The summed E-state index contributed by atoms with van der Waals surface area (Å²) < 4.78 is 11.4. The lowest BCUT2D eigenvalue weighted by atomic mass is 9.87. The molecule has 0 bridgehead atoms. The number of hydrogen-bond acceptors (Lipinski definition) is 4. The van der Waals surface area contributed by atoms with Crippen LogP contribution in [0.3, 0.4) is 0 Å². The second-order valence-electron chi connectivity index (χ2n) is 8.13. The molecule has 5 nitrogen and oxygen atoms in total. The van der Waals surface area contributed by atoms with E-state index in [1.54, 1.807) is 11.9 Å². The van der Waals surface area contributed by atoms with E-state index in [1.807, 2.05) is 40.0 Å². The Kier molecular flexibility index (Phi) is 5.51. The van der Waals surface area contributed by atoms with Crippen LogP contribution in [-0.4, -0.2) is 41.8 Å². The van der Waals surface area contributed by atoms with Gasteiger partial charge in [-0.1, -0.05) is 18.2 Å². The molecule has 0 aliphatic carbocycles. The minimum Gasteiger partial charge on any atom is -0.444 e. The number of hydrogen-bond donors (Lipinski definition) is 0. The highest BCUT2D eigenvalue weighted by atomic mass is 16.6. The van der Waals surface area contributed by atoms with E-state index in [1.165, 1.54) is 16.7 Å². The van der Waals surface area contributed by atoms with Crippen molar-refractivity contribution in [3.8, 4) is 11.1 Å². The minimum atomic E-state index is -0.501. The molecule has 1 aliphatic rings. The highest BCUT2D eigenvalue weighted by Gasteiger charge is 2.27. The molecule has 27 heavy (non-hydrogen) atoms. The predicted molar refractivity (Wildman–Crippen MR) is 106 cm³/mol. The van der Waals surface area contributed by atoms with E-state index in [4.69, 9.17) is 9.47 Å². The van der Waals surface area contributed by atoms with Gasteiger partial charge in [0, 0.05) is 31.4 Å². The predicted octanol–water partition coefficient (Wildman–Crippen LogP) is 4.54. The van der Waals surface area contributed by atoms with Gasteiger partial charge in [-0.05, 0) is 62.1 Å². The number of fused-ring (bicyclic) bond motifs is 1. The number of ether oxygens (including phenoxy) is 2. The first kappa shape index (κ1) is 19.4. The monoisotopic (exact) mass is 368 g/mol. The Bertz CT molecular complexity index is 827. The number of carbonyl (C=O) groups excluding carboxylic acids is 1. The van der Waals surface area contributed by atoms with Gasteiger partial charge in [0.2, 0.25) is 0 Å². The van der Waals surface area contributed by atoms with Gasteiger partial charge >= 0.3 is 6.09 Å². The number of benzene rings is 1. The fraction of sp³-hybridized carbons (Fsp3) is 0.455. The van der Waals surface area contributed by atoms with Crippen LogP contribution in [0.15, 0.2) is 36.5 Å². The Labute approximate surface area is 161 Å². The molecule has 1 aromatic carbocycles. The Morgan fingerprint density at radius 2 is 2.11 bits per heavy atom. The maximum absolute atomic E-state index is 12.3. The van der Waals surface area contributed by atoms with Gasteiger partial charge in [-0.3, -0.25) is 4.98 Å². The number of aryl methyl sites for hydroxylation is 1. The van der Waals surface area contributed by atoms with Crippen molar-refractivity contribution >= 4 is 6.09 Å². The van der Waals surface area contributed by atoms with Crippen molar-refractivity contribution in [2.75, 3.05) is 20.2 Å². The molecule has 144 valence electrons. The third kappa shape index (κ3) is 4.66. The zero-order valence-electron chi connectivity index (χ0n) is 16.8. The first-order chi connectivity index (χ1) is 12.7. The van der Waals surface area contributed by atoms with E-state index in [0.717, 1.165) is 11.3 Å². The molecule has 1 amide bonds. The van der Waals surface area contributed by atoms with Gasteiger partial charge in [0.1, 0.15) is 5.60 Å². The maximum Gasteiger partial charge on any atom is 0.410 e. The second-order valence-corrected chi connectivity index (χ2v) is 8.13. The fourth-order valence-electron chi connectivity index (χ4n) is 3.42. The van der Waals surface area contributed by atoms with Crippen molar-refractivity contribution in [3.63, 3.8) is 0 Å². The lowest BCUT2D eigenvalue weighted by Crippen LogP contribution is -2.38. The van der Waals surface area contributed by atoms with Gasteiger partial charge in [-0.15, -0.1) is 0 Å². The average molecular weight is 368 g/mol. The number of rotatable bonds is 3. The largest absolute Gasteiger partial charge is 0.444 e. The molecule has 1 aromatic heterocycles. The third-order valence-corrected chi connectivity index (χ3v) is 4.62. The van der Waals surface area contributed by atoms with E-state index in [0.29, 0.717) is 19.8 Å². The van der Waals surface area contributed by atoms with Crippen LogP contribution < -0.4 is 0 Å². The molecule has 1 atom stereocenters. The molecule has 0 saturated carbocycles. The van der Waals surface area contributed by atoms with Gasteiger partial charge in [-0.2, -0.15) is 0 Å². The molecule has 2 aromatic rings. The van der Waals surface area contributed by atoms with Crippen LogP contribution in [0.2, 0.25) is 0 Å². The van der Waals surface area contributed by atoms with E-state index >= 15 is 0 Å². The molecular formula is C22H28N2O3. The molecule has 3 rings (SSSR count). The Balaban J connectivity index is 1.85. The molecule has 1 unspecified atom stereocenters. The van der Waals surface area contributed by atoms with Crippen molar-refractivity contribution < 1.29 is 14.3 Å². The van der Waals surface area contributed by atoms with Crippen LogP contribution in [0.25, 0.3) is 11.1 Å². The van der Waals surface area contributed by atoms with Gasteiger partial charge in [0.25, 0.3) is 0 Å². The highest BCUT2D eigenvalue weighted by molar-refractivity contribution is 5.70. The number of likely N-dealkylation sites (N-methyl/N-ethyl adjacent to an activating group) is 1. The number of pyridine rings is 1. The summed E-state index contributed by atoms with van der Waals surface area (Å²) in [5.74, 6) is 0.120. The van der Waals surface area contributed by atoms with E-state index < -0.39 is 5.60 Å². The van der Waals surface area contributed by atoms with E-state index in [9.17, 15) is 4.79 Å². The minimum absolute atomic E-state index is 0.120. The average Bonchev–Trinajstić information content (AvgIpc) is 2.60. The van der Waals surface area contributed by atoms with Crippen molar-refractivity contribution in [3.05, 3.63) is 53.3 Å². The van der Waals surface area contributed by atoms with E-state index in [2.05, 4.69) is 29.2 Å². The maximum atomic E-state index is 12.3. The van der Waals surface area contributed by atoms with Gasteiger partial charge in [0.05, 0.1) is 13.2 Å². The Morgan fingerprint density at radius 1 is 1.33 bits per heavy atom. The van der Waals surface area contributed by atoms with Crippen LogP contribution in [0.4, 0.5) is 4.79 Å². The Hall–Kier alpha value is -2.40. The highest BCUT2D eigenvalue weighted by Crippen LogP contribution is 2.34. The van der Waals surface area contributed by atoms with E-state index in [-0.39, 0.29) is 12.0 Å². The summed E-state index contributed by atoms with van der Waals surface area (Å²) in [6, 6.07) is 10.5. The first-order valence-electron chi connectivity index (χ1n) is 9.31. The summed E-state index contributed by atoms with van der Waals surface area (Å²) >= 11 is 0. The molecule has 0 radical (unpaired) electrons. The lowest BCUT2D eigenvalue weighted by Gasteiger charge is -2.31. The van der Waals surface area contributed by atoms with Crippen LogP contribution in [0, 0.1) is 6.92 Å². The zero-order chi connectivity index (χ0) is 19.6. The number of aromatic nitrogens is 1. The second kappa shape index (κ2) is 7.69. The van der Waals surface area contributed by atoms with Crippen molar-refractivity contribution in [1.29, 1.82) is 0 Å². The van der Waals surface area contributed by atoms with Gasteiger partial charge < -0.3 is 14.4 Å². The number of carbonyl (C=O) groups is 1. The van der Waals surface area contributed by atoms with Crippen LogP contribution in [0.5, 0.6) is 0 Å². The summed E-state index contributed by atoms with van der Waals surface area (Å²) in [6.07, 6.45) is 1.53. The molecule has 0 spiro atoms. The molecule has 0 fully saturated rings. The zero-order valence-corrected chi connectivity index (χ0v) is 16.8. The molecule has 1 aliphatic heterocycles.